The first kappa shape index (κ1) is 16.3. The maximum atomic E-state index is 6.34. The van der Waals surface area contributed by atoms with Gasteiger partial charge in [-0.05, 0) is 42.0 Å². The molecule has 0 spiro atoms. The molecule has 0 bridgehead atoms. The molecule has 2 aromatic rings. The molecule has 0 amide bonds. The first-order valence-corrected chi connectivity index (χ1v) is 9.43. The maximum Gasteiger partial charge on any atom is 0.0654 e. The highest BCUT2D eigenvalue weighted by Crippen LogP contribution is 2.47. The van der Waals surface area contributed by atoms with Gasteiger partial charge in [-0.1, -0.05) is 53.5 Å². The van der Waals surface area contributed by atoms with Gasteiger partial charge < -0.3 is 4.90 Å². The molecular weight excluding hydrogens is 339 g/mol. The largest absolute Gasteiger partial charge is 0.368 e. The van der Waals surface area contributed by atoms with Crippen molar-refractivity contribution in [3.8, 4) is 0 Å². The Hall–Kier alpha value is -1.22. The summed E-state index contributed by atoms with van der Waals surface area (Å²) >= 11 is 12.3. The first-order valence-electron chi connectivity index (χ1n) is 8.68. The highest BCUT2D eigenvalue weighted by atomic mass is 35.5. The van der Waals surface area contributed by atoms with E-state index in [-0.39, 0.29) is 0 Å². The van der Waals surface area contributed by atoms with Gasteiger partial charge in [-0.3, -0.25) is 4.90 Å². The Morgan fingerprint density at radius 3 is 2.38 bits per heavy atom. The number of benzene rings is 2. The van der Waals surface area contributed by atoms with Crippen LogP contribution in [0.15, 0.2) is 48.5 Å². The van der Waals surface area contributed by atoms with Crippen LogP contribution in [-0.4, -0.2) is 37.6 Å². The van der Waals surface area contributed by atoms with Crippen molar-refractivity contribution >= 4 is 28.9 Å². The minimum Gasteiger partial charge on any atom is -0.368 e. The van der Waals surface area contributed by atoms with Crippen LogP contribution in [0.25, 0.3) is 0 Å². The summed E-state index contributed by atoms with van der Waals surface area (Å²) in [5.41, 5.74) is 2.61. The standard InChI is InChI=1S/C20H22Cl2N2/c21-17-6-7-20(19(22)13-17)24-10-8-23(9-11-24)14-16-12-18(16)15-4-2-1-3-5-15/h1-7,13,16,18H,8-12,14H2. The van der Waals surface area contributed by atoms with E-state index < -0.39 is 0 Å². The summed E-state index contributed by atoms with van der Waals surface area (Å²) in [4.78, 5) is 4.98. The second kappa shape index (κ2) is 6.95. The Morgan fingerprint density at radius 1 is 0.917 bits per heavy atom. The van der Waals surface area contributed by atoms with Gasteiger partial charge in [0.05, 0.1) is 10.7 Å². The summed E-state index contributed by atoms with van der Waals surface area (Å²) in [6, 6.07) is 16.7. The number of hydrogen-bond acceptors (Lipinski definition) is 2. The molecule has 1 heterocycles. The van der Waals surface area contributed by atoms with Crippen LogP contribution in [-0.2, 0) is 0 Å². The highest BCUT2D eigenvalue weighted by Gasteiger charge is 2.39. The van der Waals surface area contributed by atoms with Gasteiger partial charge in [-0.15, -0.1) is 0 Å². The average molecular weight is 361 g/mol. The molecule has 24 heavy (non-hydrogen) atoms. The molecule has 4 rings (SSSR count). The van der Waals surface area contributed by atoms with Gasteiger partial charge in [0.15, 0.2) is 0 Å². The third kappa shape index (κ3) is 3.56. The second-order valence-electron chi connectivity index (χ2n) is 6.90. The Balaban J connectivity index is 1.29. The Labute approximate surface area is 154 Å². The minimum absolute atomic E-state index is 0.697. The van der Waals surface area contributed by atoms with Crippen LogP contribution in [0.2, 0.25) is 10.0 Å². The van der Waals surface area contributed by atoms with Crippen molar-refractivity contribution in [2.75, 3.05) is 37.6 Å². The van der Waals surface area contributed by atoms with E-state index in [1.54, 1.807) is 0 Å². The van der Waals surface area contributed by atoms with Crippen LogP contribution >= 0.6 is 23.2 Å². The number of rotatable bonds is 4. The predicted octanol–water partition coefficient (Wildman–Crippen LogP) is 4.92. The third-order valence-corrected chi connectivity index (χ3v) is 5.80. The first-order chi connectivity index (χ1) is 11.7. The SMILES string of the molecule is Clc1ccc(N2CCN(CC3CC3c3ccccc3)CC2)c(Cl)c1. The van der Waals surface area contributed by atoms with Crippen LogP contribution in [0.1, 0.15) is 17.9 Å². The fourth-order valence-corrected chi connectivity index (χ4v) is 4.33. The minimum atomic E-state index is 0.697. The van der Waals surface area contributed by atoms with Crippen LogP contribution in [0.5, 0.6) is 0 Å². The van der Waals surface area contributed by atoms with Gasteiger partial charge in [-0.2, -0.15) is 0 Å². The lowest BCUT2D eigenvalue weighted by molar-refractivity contribution is 0.246. The number of piperazine rings is 1. The summed E-state index contributed by atoms with van der Waals surface area (Å²) in [7, 11) is 0. The lowest BCUT2D eigenvalue weighted by Gasteiger charge is -2.36. The molecule has 2 unspecified atom stereocenters. The summed E-state index contributed by atoms with van der Waals surface area (Å²) in [6.45, 7) is 5.50. The molecule has 1 saturated carbocycles. The fraction of sp³-hybridized carbons (Fsp3) is 0.400. The van der Waals surface area contributed by atoms with E-state index in [2.05, 4.69) is 40.1 Å². The normalized spacial score (nSPS) is 24.2. The zero-order valence-electron chi connectivity index (χ0n) is 13.7. The van der Waals surface area contributed by atoms with E-state index in [1.165, 1.54) is 18.5 Å². The van der Waals surface area contributed by atoms with Crippen molar-refractivity contribution in [1.29, 1.82) is 0 Å². The molecule has 1 aliphatic carbocycles. The van der Waals surface area contributed by atoms with Gasteiger partial charge in [0.25, 0.3) is 0 Å². The van der Waals surface area contributed by atoms with Crippen molar-refractivity contribution in [3.63, 3.8) is 0 Å². The van der Waals surface area contributed by atoms with Crippen LogP contribution in [0, 0.1) is 5.92 Å². The van der Waals surface area contributed by atoms with Crippen molar-refractivity contribution in [2.45, 2.75) is 12.3 Å². The van der Waals surface area contributed by atoms with E-state index in [0.29, 0.717) is 5.02 Å². The molecule has 2 nitrogen and oxygen atoms in total. The Morgan fingerprint density at radius 2 is 1.67 bits per heavy atom. The number of hydrogen-bond donors (Lipinski definition) is 0. The monoisotopic (exact) mass is 360 g/mol. The lowest BCUT2D eigenvalue weighted by Crippen LogP contribution is -2.47. The van der Waals surface area contributed by atoms with Crippen molar-refractivity contribution in [2.24, 2.45) is 5.92 Å². The van der Waals surface area contributed by atoms with Gasteiger partial charge in [0.1, 0.15) is 0 Å². The summed E-state index contributed by atoms with van der Waals surface area (Å²) in [5, 5.41) is 1.45. The molecule has 4 heteroatoms. The molecule has 2 atom stereocenters. The summed E-state index contributed by atoms with van der Waals surface area (Å²) in [6.07, 6.45) is 1.34. The molecule has 2 fully saturated rings. The molecule has 1 saturated heterocycles. The topological polar surface area (TPSA) is 6.48 Å². The van der Waals surface area contributed by atoms with Gasteiger partial charge >= 0.3 is 0 Å². The zero-order chi connectivity index (χ0) is 16.5. The molecule has 126 valence electrons. The Bertz CT molecular complexity index is 696. The quantitative estimate of drug-likeness (QED) is 0.763. The second-order valence-corrected chi connectivity index (χ2v) is 7.74. The molecule has 0 radical (unpaired) electrons. The van der Waals surface area contributed by atoms with E-state index in [0.717, 1.165) is 48.7 Å². The summed E-state index contributed by atoms with van der Waals surface area (Å²) < 4.78 is 0. The predicted molar refractivity (Wildman–Crippen MR) is 102 cm³/mol. The van der Waals surface area contributed by atoms with E-state index in [9.17, 15) is 0 Å². The maximum absolute atomic E-state index is 6.34. The van der Waals surface area contributed by atoms with Crippen molar-refractivity contribution in [3.05, 3.63) is 64.1 Å². The molecule has 0 N–H and O–H groups in total. The van der Waals surface area contributed by atoms with Crippen LogP contribution in [0.3, 0.4) is 0 Å². The number of anilines is 1. The summed E-state index contributed by atoms with van der Waals surface area (Å²) in [5.74, 6) is 1.60. The average Bonchev–Trinajstić information content (AvgIpc) is 3.36. The molecule has 0 aromatic heterocycles. The molecule has 1 aliphatic heterocycles. The zero-order valence-corrected chi connectivity index (χ0v) is 15.2. The molecule has 2 aromatic carbocycles. The van der Waals surface area contributed by atoms with Gasteiger partial charge in [0.2, 0.25) is 0 Å². The lowest BCUT2D eigenvalue weighted by atomic mass is 10.1. The Kier molecular flexibility index (Phi) is 4.71. The van der Waals surface area contributed by atoms with E-state index in [1.807, 2.05) is 18.2 Å². The molecular formula is C20H22Cl2N2. The van der Waals surface area contributed by atoms with E-state index in [4.69, 9.17) is 23.2 Å². The van der Waals surface area contributed by atoms with Crippen molar-refractivity contribution < 1.29 is 0 Å². The van der Waals surface area contributed by atoms with E-state index >= 15 is 0 Å². The fourth-order valence-electron chi connectivity index (χ4n) is 3.80. The smallest absolute Gasteiger partial charge is 0.0654 e. The van der Waals surface area contributed by atoms with Crippen molar-refractivity contribution in [1.82, 2.24) is 4.90 Å². The van der Waals surface area contributed by atoms with Crippen LogP contribution in [0.4, 0.5) is 5.69 Å². The number of nitrogens with zero attached hydrogens (tertiary/aromatic N) is 2. The van der Waals surface area contributed by atoms with Gasteiger partial charge in [0, 0.05) is 37.7 Å². The highest BCUT2D eigenvalue weighted by molar-refractivity contribution is 6.36. The number of halogens is 2. The van der Waals surface area contributed by atoms with Crippen LogP contribution < -0.4 is 4.90 Å². The van der Waals surface area contributed by atoms with Gasteiger partial charge in [-0.25, -0.2) is 0 Å². The third-order valence-electron chi connectivity index (χ3n) is 5.27. The molecule has 2 aliphatic rings.